The second-order valence-electron chi connectivity index (χ2n) is 6.27. The first kappa shape index (κ1) is 16.8. The summed E-state index contributed by atoms with van der Waals surface area (Å²) in [6.45, 7) is 1.42. The van der Waals surface area contributed by atoms with E-state index in [2.05, 4.69) is 4.98 Å². The summed E-state index contributed by atoms with van der Waals surface area (Å²) in [6.07, 6.45) is 1.52. The van der Waals surface area contributed by atoms with Crippen LogP contribution in [0.25, 0.3) is 5.57 Å². The Bertz CT molecular complexity index is 760. The quantitative estimate of drug-likeness (QED) is 0.838. The second kappa shape index (κ2) is 5.77. The molecule has 0 amide bonds. The summed E-state index contributed by atoms with van der Waals surface area (Å²) in [7, 11) is 0. The van der Waals surface area contributed by atoms with Crippen molar-refractivity contribution in [2.75, 3.05) is 0 Å². The number of alkyl halides is 2. The number of hydrogen-bond acceptors (Lipinski definition) is 4. The smallest absolute Gasteiger partial charge is 0.332 e. The van der Waals surface area contributed by atoms with Crippen LogP contribution in [-0.4, -0.2) is 27.1 Å². The number of carboxylic acids is 2. The van der Waals surface area contributed by atoms with E-state index in [1.54, 1.807) is 0 Å². The van der Waals surface area contributed by atoms with Gasteiger partial charge in [-0.05, 0) is 32.1 Å². The Hall–Kier alpha value is -2.09. The first-order valence-corrected chi connectivity index (χ1v) is 8.23. The zero-order chi connectivity index (χ0) is 17.6. The van der Waals surface area contributed by atoms with Gasteiger partial charge in [-0.25, -0.2) is 18.6 Å². The molecule has 8 heteroatoms. The number of hydrogen-bond donors (Lipinski definition) is 2. The molecule has 5 nitrogen and oxygen atoms in total. The first-order valence-electron chi connectivity index (χ1n) is 7.41. The van der Waals surface area contributed by atoms with Gasteiger partial charge in [0.15, 0.2) is 0 Å². The molecule has 0 saturated heterocycles. The molecule has 0 bridgehead atoms. The molecule has 1 aromatic rings. The number of rotatable bonds is 5. The number of halogens is 2. The fourth-order valence-electron chi connectivity index (χ4n) is 2.68. The van der Waals surface area contributed by atoms with Crippen molar-refractivity contribution in [2.45, 2.75) is 38.5 Å². The molecule has 1 aromatic heterocycles. The molecule has 24 heavy (non-hydrogen) atoms. The van der Waals surface area contributed by atoms with E-state index in [-0.39, 0.29) is 34.2 Å². The molecule has 1 unspecified atom stereocenters. The first-order chi connectivity index (χ1) is 11.2. The molecule has 2 aliphatic carbocycles. The molecule has 0 radical (unpaired) electrons. The van der Waals surface area contributed by atoms with Gasteiger partial charge in [-0.2, -0.15) is 0 Å². The van der Waals surface area contributed by atoms with E-state index in [1.807, 2.05) is 0 Å². The van der Waals surface area contributed by atoms with Crippen LogP contribution in [-0.2, 0) is 9.59 Å². The van der Waals surface area contributed by atoms with Crippen molar-refractivity contribution in [1.82, 2.24) is 4.98 Å². The summed E-state index contributed by atoms with van der Waals surface area (Å²) in [5.41, 5.74) is -1.51. The highest BCUT2D eigenvalue weighted by molar-refractivity contribution is 7.13. The highest BCUT2D eigenvalue weighted by atomic mass is 32.1. The minimum Gasteiger partial charge on any atom is -0.481 e. The highest BCUT2D eigenvalue weighted by Gasteiger charge is 2.39. The molecule has 3 rings (SSSR count). The largest absolute Gasteiger partial charge is 0.481 e. The second-order valence-corrected chi connectivity index (χ2v) is 7.30. The highest BCUT2D eigenvalue weighted by Crippen LogP contribution is 2.48. The van der Waals surface area contributed by atoms with Crippen molar-refractivity contribution in [3.05, 3.63) is 33.3 Å². The van der Waals surface area contributed by atoms with Crippen LogP contribution in [0.4, 0.5) is 8.78 Å². The number of aliphatic carboxylic acids is 2. The molecular formula is C16H15F2NO4S. The lowest BCUT2D eigenvalue weighted by Gasteiger charge is -2.25. The van der Waals surface area contributed by atoms with E-state index in [1.165, 1.54) is 19.1 Å². The molecule has 1 atom stereocenters. The minimum absolute atomic E-state index is 0.0750. The summed E-state index contributed by atoms with van der Waals surface area (Å²) in [6, 6.07) is 0. The third-order valence-corrected chi connectivity index (χ3v) is 5.57. The summed E-state index contributed by atoms with van der Waals surface area (Å²) in [5, 5.41) is 18.9. The van der Waals surface area contributed by atoms with Crippen molar-refractivity contribution in [3.63, 3.8) is 0 Å². The topological polar surface area (TPSA) is 87.5 Å². The fraction of sp³-hybridized carbons (Fsp3) is 0.438. The lowest BCUT2D eigenvalue weighted by atomic mass is 9.78. The fourth-order valence-corrected chi connectivity index (χ4v) is 3.98. The predicted molar refractivity (Wildman–Crippen MR) is 83.1 cm³/mol. The van der Waals surface area contributed by atoms with Crippen LogP contribution in [0.2, 0.25) is 0 Å². The van der Waals surface area contributed by atoms with Gasteiger partial charge in [-0.1, -0.05) is 12.2 Å². The van der Waals surface area contributed by atoms with Gasteiger partial charge in [0.2, 0.25) is 0 Å². The summed E-state index contributed by atoms with van der Waals surface area (Å²) in [4.78, 5) is 27.4. The number of carbonyl (C=O) groups is 2. The molecule has 0 aromatic carbocycles. The van der Waals surface area contributed by atoms with Crippen LogP contribution in [0.5, 0.6) is 0 Å². The van der Waals surface area contributed by atoms with E-state index in [0.29, 0.717) is 4.88 Å². The minimum atomic E-state index is -2.71. The lowest BCUT2D eigenvalue weighted by Crippen LogP contribution is -2.29. The van der Waals surface area contributed by atoms with E-state index in [4.69, 9.17) is 0 Å². The van der Waals surface area contributed by atoms with Gasteiger partial charge in [0.05, 0.1) is 5.41 Å². The molecule has 2 N–H and O–H groups in total. The number of allylic oxidation sites excluding steroid dienone is 2. The molecule has 0 spiro atoms. The van der Waals surface area contributed by atoms with Gasteiger partial charge in [-0.3, -0.25) is 4.79 Å². The Morgan fingerprint density at radius 3 is 2.54 bits per heavy atom. The standard InChI is InChI=1S/C16H15F2NO4S/c1-16(15(22)23)5-4-8(9(6-16)14(20)21)13-19-10(12(17)18)11(24-13)7-2-3-7/h4-5,7,12H,2-3,6H2,1H3,(H,20,21)(H,22,23). The number of aromatic nitrogens is 1. The molecule has 128 valence electrons. The average Bonchev–Trinajstić information content (AvgIpc) is 3.25. The zero-order valence-electron chi connectivity index (χ0n) is 12.8. The van der Waals surface area contributed by atoms with E-state index < -0.39 is 23.8 Å². The van der Waals surface area contributed by atoms with E-state index in [0.717, 1.165) is 24.2 Å². The third-order valence-electron chi connectivity index (χ3n) is 4.30. The lowest BCUT2D eigenvalue weighted by molar-refractivity contribution is -0.145. The third kappa shape index (κ3) is 2.86. The zero-order valence-corrected chi connectivity index (χ0v) is 13.6. The van der Waals surface area contributed by atoms with Crippen LogP contribution < -0.4 is 0 Å². The summed E-state index contributed by atoms with van der Waals surface area (Å²) >= 11 is 1.08. The molecule has 0 aliphatic heterocycles. The Balaban J connectivity index is 2.07. The molecule has 1 saturated carbocycles. The van der Waals surface area contributed by atoms with E-state index >= 15 is 0 Å². The van der Waals surface area contributed by atoms with Crippen molar-refractivity contribution < 1.29 is 28.6 Å². The monoisotopic (exact) mass is 355 g/mol. The molecule has 2 aliphatic rings. The van der Waals surface area contributed by atoms with Crippen molar-refractivity contribution in [3.8, 4) is 0 Å². The maximum absolute atomic E-state index is 13.2. The van der Waals surface area contributed by atoms with Gasteiger partial charge in [-0.15, -0.1) is 11.3 Å². The normalized spacial score (nSPS) is 23.8. The number of carboxylic acid groups (broad SMARTS) is 2. The number of thiazole rings is 1. The van der Waals surface area contributed by atoms with Crippen molar-refractivity contribution in [1.29, 1.82) is 0 Å². The van der Waals surface area contributed by atoms with Crippen LogP contribution in [0.15, 0.2) is 17.7 Å². The predicted octanol–water partition coefficient (Wildman–Crippen LogP) is 3.85. The van der Waals surface area contributed by atoms with Gasteiger partial charge in [0, 0.05) is 16.0 Å². The van der Waals surface area contributed by atoms with Crippen molar-refractivity contribution >= 4 is 28.8 Å². The van der Waals surface area contributed by atoms with Gasteiger partial charge >= 0.3 is 11.9 Å². The summed E-state index contributed by atoms with van der Waals surface area (Å²) in [5.74, 6) is -2.32. The maximum atomic E-state index is 13.2. The van der Waals surface area contributed by atoms with Crippen molar-refractivity contribution in [2.24, 2.45) is 5.41 Å². The molecule has 1 fully saturated rings. The van der Waals surface area contributed by atoms with Crippen LogP contribution >= 0.6 is 11.3 Å². The SMILES string of the molecule is CC1(C(=O)O)C=CC(c2nc(C(F)F)c(C3CC3)s2)=C(C(=O)O)C1. The van der Waals surface area contributed by atoms with Gasteiger partial charge in [0.25, 0.3) is 6.43 Å². The summed E-state index contributed by atoms with van der Waals surface area (Å²) < 4.78 is 26.4. The Labute approximate surface area is 140 Å². The van der Waals surface area contributed by atoms with Gasteiger partial charge < -0.3 is 10.2 Å². The van der Waals surface area contributed by atoms with E-state index in [9.17, 15) is 28.6 Å². The van der Waals surface area contributed by atoms with Crippen LogP contribution in [0.3, 0.4) is 0 Å². The molecular weight excluding hydrogens is 340 g/mol. The van der Waals surface area contributed by atoms with Crippen LogP contribution in [0, 0.1) is 5.41 Å². The van der Waals surface area contributed by atoms with Crippen LogP contribution in [0.1, 0.15) is 54.1 Å². The maximum Gasteiger partial charge on any atom is 0.332 e. The number of nitrogens with zero attached hydrogens (tertiary/aromatic N) is 1. The Morgan fingerprint density at radius 2 is 2.04 bits per heavy atom. The molecule has 1 heterocycles. The Morgan fingerprint density at radius 1 is 1.38 bits per heavy atom. The van der Waals surface area contributed by atoms with Gasteiger partial charge in [0.1, 0.15) is 10.7 Å². The average molecular weight is 355 g/mol. The Kier molecular flexibility index (Phi) is 4.03.